The number of rotatable bonds is 4. The number of methoxy groups -OCH3 is 1. The van der Waals surface area contributed by atoms with Crippen molar-refractivity contribution in [2.75, 3.05) is 7.11 Å². The second kappa shape index (κ2) is 5.14. The van der Waals surface area contributed by atoms with E-state index in [4.69, 9.17) is 11.6 Å². The van der Waals surface area contributed by atoms with Crippen LogP contribution in [-0.2, 0) is 14.3 Å². The van der Waals surface area contributed by atoms with E-state index in [0.29, 0.717) is 0 Å². The quantitative estimate of drug-likeness (QED) is 0.499. The average Bonchev–Trinajstić information content (AvgIpc) is 2.02. The average molecular weight is 193 g/mol. The van der Waals surface area contributed by atoms with Crippen LogP contribution in [0.3, 0.4) is 0 Å². The Bertz CT molecular complexity index is 177. The van der Waals surface area contributed by atoms with Crippen molar-refractivity contribution in [2.45, 2.75) is 25.6 Å². The molecule has 12 heavy (non-hydrogen) atoms. The Morgan fingerprint density at radius 1 is 1.42 bits per heavy atom. The van der Waals surface area contributed by atoms with Gasteiger partial charge < -0.3 is 4.74 Å². The van der Waals surface area contributed by atoms with Crippen LogP contribution in [0.1, 0.15) is 20.3 Å². The van der Waals surface area contributed by atoms with E-state index in [1.54, 1.807) is 13.8 Å². The summed E-state index contributed by atoms with van der Waals surface area (Å²) < 4.78 is 4.42. The van der Waals surface area contributed by atoms with Crippen molar-refractivity contribution < 1.29 is 14.3 Å². The number of hydrogen-bond donors (Lipinski definition) is 0. The first-order valence-electron chi connectivity index (χ1n) is 3.73. The predicted molar refractivity (Wildman–Crippen MR) is 46.1 cm³/mol. The molecule has 2 unspecified atom stereocenters. The molecular weight excluding hydrogens is 180 g/mol. The number of hydrogen-bond acceptors (Lipinski definition) is 3. The van der Waals surface area contributed by atoms with Crippen molar-refractivity contribution in [3.8, 4) is 0 Å². The molecule has 70 valence electrons. The molecule has 0 aromatic heterocycles. The van der Waals surface area contributed by atoms with Gasteiger partial charge in [-0.3, -0.25) is 9.59 Å². The van der Waals surface area contributed by atoms with Crippen molar-refractivity contribution in [3.05, 3.63) is 0 Å². The molecule has 0 rings (SSSR count). The van der Waals surface area contributed by atoms with Crippen LogP contribution in [0.4, 0.5) is 0 Å². The first-order valence-corrected chi connectivity index (χ1v) is 4.17. The van der Waals surface area contributed by atoms with Crippen molar-refractivity contribution in [1.29, 1.82) is 0 Å². The van der Waals surface area contributed by atoms with Gasteiger partial charge in [0.2, 0.25) is 0 Å². The molecule has 0 N–H and O–H groups in total. The van der Waals surface area contributed by atoms with E-state index < -0.39 is 5.38 Å². The van der Waals surface area contributed by atoms with Gasteiger partial charge in [-0.15, -0.1) is 11.6 Å². The van der Waals surface area contributed by atoms with Gasteiger partial charge in [0.05, 0.1) is 18.9 Å². The first kappa shape index (κ1) is 11.4. The predicted octanol–water partition coefficient (Wildman–Crippen LogP) is 1.38. The third-order valence-electron chi connectivity index (χ3n) is 1.58. The van der Waals surface area contributed by atoms with Crippen LogP contribution < -0.4 is 0 Å². The van der Waals surface area contributed by atoms with Crippen LogP contribution in [0.25, 0.3) is 0 Å². The Morgan fingerprint density at radius 2 is 1.92 bits per heavy atom. The molecule has 3 nitrogen and oxygen atoms in total. The van der Waals surface area contributed by atoms with Crippen LogP contribution in [0, 0.1) is 5.92 Å². The zero-order valence-electron chi connectivity index (χ0n) is 7.46. The topological polar surface area (TPSA) is 43.4 Å². The number of carbonyl (C=O) groups is 2. The van der Waals surface area contributed by atoms with Gasteiger partial charge in [0.25, 0.3) is 0 Å². The summed E-state index contributed by atoms with van der Waals surface area (Å²) in [5.41, 5.74) is 0. The molecule has 0 aliphatic heterocycles. The zero-order valence-corrected chi connectivity index (χ0v) is 8.22. The normalized spacial score (nSPS) is 15.0. The molecule has 0 aromatic carbocycles. The summed E-state index contributed by atoms with van der Waals surface area (Å²) in [6.07, 6.45) is 0.104. The highest BCUT2D eigenvalue weighted by Gasteiger charge is 2.20. The van der Waals surface area contributed by atoms with Gasteiger partial charge in [0, 0.05) is 5.92 Å². The lowest BCUT2D eigenvalue weighted by Gasteiger charge is -2.09. The van der Waals surface area contributed by atoms with E-state index >= 15 is 0 Å². The summed E-state index contributed by atoms with van der Waals surface area (Å²) in [6.45, 7) is 3.26. The standard InChI is InChI=1S/C8H13ClO3/c1-5(4-7(10)12-3)8(11)6(2)9/h5-6H,4H2,1-3H3. The highest BCUT2D eigenvalue weighted by molar-refractivity contribution is 6.31. The molecule has 0 saturated heterocycles. The first-order chi connectivity index (χ1) is 5.49. The van der Waals surface area contributed by atoms with Crippen LogP contribution in [-0.4, -0.2) is 24.2 Å². The van der Waals surface area contributed by atoms with Crippen molar-refractivity contribution >= 4 is 23.4 Å². The largest absolute Gasteiger partial charge is 0.469 e. The molecule has 0 spiro atoms. The molecule has 0 fully saturated rings. The highest BCUT2D eigenvalue weighted by atomic mass is 35.5. The Hall–Kier alpha value is -0.570. The lowest BCUT2D eigenvalue weighted by Crippen LogP contribution is -2.22. The number of carbonyl (C=O) groups excluding carboxylic acids is 2. The maximum atomic E-state index is 11.2. The molecule has 4 heteroatoms. The smallest absolute Gasteiger partial charge is 0.306 e. The molecule has 0 amide bonds. The monoisotopic (exact) mass is 192 g/mol. The van der Waals surface area contributed by atoms with Crippen LogP contribution >= 0.6 is 11.6 Å². The summed E-state index contributed by atoms with van der Waals surface area (Å²) >= 11 is 5.55. The number of esters is 1. The van der Waals surface area contributed by atoms with E-state index in [9.17, 15) is 9.59 Å². The Balaban J connectivity index is 3.95. The van der Waals surface area contributed by atoms with E-state index in [2.05, 4.69) is 4.74 Å². The molecular formula is C8H13ClO3. The van der Waals surface area contributed by atoms with Gasteiger partial charge >= 0.3 is 5.97 Å². The SMILES string of the molecule is COC(=O)CC(C)C(=O)C(C)Cl. The number of halogens is 1. The van der Waals surface area contributed by atoms with Crippen LogP contribution in [0.2, 0.25) is 0 Å². The fourth-order valence-corrected chi connectivity index (χ4v) is 1.04. The minimum absolute atomic E-state index is 0.104. The van der Waals surface area contributed by atoms with E-state index in [0.717, 1.165) is 0 Å². The molecule has 0 bridgehead atoms. The maximum absolute atomic E-state index is 11.2. The second-order valence-corrected chi connectivity index (χ2v) is 3.35. The highest BCUT2D eigenvalue weighted by Crippen LogP contribution is 2.10. The molecule has 0 aliphatic rings. The Morgan fingerprint density at radius 3 is 2.25 bits per heavy atom. The van der Waals surface area contributed by atoms with Crippen LogP contribution in [0.15, 0.2) is 0 Å². The molecule has 0 radical (unpaired) electrons. The van der Waals surface area contributed by atoms with Crippen molar-refractivity contribution in [1.82, 2.24) is 0 Å². The molecule has 0 aliphatic carbocycles. The van der Waals surface area contributed by atoms with Crippen molar-refractivity contribution in [2.24, 2.45) is 5.92 Å². The van der Waals surface area contributed by atoms with Gasteiger partial charge in [-0.1, -0.05) is 6.92 Å². The van der Waals surface area contributed by atoms with E-state index in [1.165, 1.54) is 7.11 Å². The van der Waals surface area contributed by atoms with Gasteiger partial charge in [-0.05, 0) is 6.92 Å². The van der Waals surface area contributed by atoms with Crippen LogP contribution in [0.5, 0.6) is 0 Å². The fourth-order valence-electron chi connectivity index (χ4n) is 0.826. The third kappa shape index (κ3) is 3.72. The number of Topliss-reactive ketones (excluding diaryl/α,β-unsaturated/α-hetero) is 1. The van der Waals surface area contributed by atoms with Gasteiger partial charge in [-0.2, -0.15) is 0 Å². The summed E-state index contributed by atoms with van der Waals surface area (Å²) in [4.78, 5) is 21.9. The lowest BCUT2D eigenvalue weighted by molar-refractivity contribution is -0.143. The number of alkyl halides is 1. The maximum Gasteiger partial charge on any atom is 0.306 e. The lowest BCUT2D eigenvalue weighted by atomic mass is 10.0. The summed E-state index contributed by atoms with van der Waals surface area (Å²) in [5.74, 6) is -0.861. The minimum atomic E-state index is -0.537. The fraction of sp³-hybridized carbons (Fsp3) is 0.750. The minimum Gasteiger partial charge on any atom is -0.469 e. The second-order valence-electron chi connectivity index (χ2n) is 2.70. The van der Waals surface area contributed by atoms with Gasteiger partial charge in [0.15, 0.2) is 5.78 Å². The molecule has 0 heterocycles. The van der Waals surface area contributed by atoms with E-state index in [1.807, 2.05) is 0 Å². The summed E-state index contributed by atoms with van der Waals surface area (Å²) in [5, 5.41) is -0.537. The molecule has 0 aromatic rings. The third-order valence-corrected chi connectivity index (χ3v) is 1.79. The van der Waals surface area contributed by atoms with Crippen molar-refractivity contribution in [3.63, 3.8) is 0 Å². The molecule has 0 saturated carbocycles. The van der Waals surface area contributed by atoms with Gasteiger partial charge in [-0.25, -0.2) is 0 Å². The molecule has 2 atom stereocenters. The Kier molecular flexibility index (Phi) is 4.90. The summed E-state index contributed by atoms with van der Waals surface area (Å²) in [7, 11) is 1.30. The zero-order chi connectivity index (χ0) is 9.72. The summed E-state index contributed by atoms with van der Waals surface area (Å²) in [6, 6.07) is 0. The van der Waals surface area contributed by atoms with E-state index in [-0.39, 0.29) is 24.1 Å². The Labute approximate surface area is 77.0 Å². The number of ether oxygens (including phenoxy) is 1. The number of ketones is 1. The van der Waals surface area contributed by atoms with Gasteiger partial charge in [0.1, 0.15) is 0 Å².